The molecule has 1 aromatic carbocycles. The van der Waals surface area contributed by atoms with E-state index in [4.69, 9.17) is 11.6 Å². The van der Waals surface area contributed by atoms with Crippen LogP contribution in [0.25, 0.3) is 0 Å². The first-order valence-corrected chi connectivity index (χ1v) is 7.40. The number of aliphatic carboxylic acids is 1. The fourth-order valence-electron chi connectivity index (χ4n) is 2.50. The highest BCUT2D eigenvalue weighted by atomic mass is 35.5. The number of halogens is 1. The van der Waals surface area contributed by atoms with Gasteiger partial charge in [-0.2, -0.15) is 0 Å². The highest BCUT2D eigenvalue weighted by Gasteiger charge is 2.43. The molecule has 0 bridgehead atoms. The fraction of sp³-hybridized carbons (Fsp3) is 0.294. The third-order valence-corrected chi connectivity index (χ3v) is 3.99. The molecule has 0 saturated carbocycles. The molecule has 0 aliphatic heterocycles. The van der Waals surface area contributed by atoms with Crippen molar-refractivity contribution >= 4 is 17.6 Å². The number of rotatable bonds is 6. The van der Waals surface area contributed by atoms with Crippen molar-refractivity contribution in [1.82, 2.24) is 9.88 Å². The SMILES string of the molecule is CN(C)CCC(C(=O)O)(c1ccc(Cl)cc1)c1ccccn1. The molecular formula is C17H19ClN2O2. The largest absolute Gasteiger partial charge is 0.480 e. The topological polar surface area (TPSA) is 53.4 Å². The molecule has 0 aliphatic carbocycles. The second-order valence-electron chi connectivity index (χ2n) is 5.49. The average molecular weight is 319 g/mol. The van der Waals surface area contributed by atoms with Crippen molar-refractivity contribution in [1.29, 1.82) is 0 Å². The number of pyridine rings is 1. The Morgan fingerprint density at radius 2 is 1.91 bits per heavy atom. The Kier molecular flexibility index (Phi) is 5.16. The first kappa shape index (κ1) is 16.5. The van der Waals surface area contributed by atoms with E-state index >= 15 is 0 Å². The smallest absolute Gasteiger partial charge is 0.320 e. The molecule has 1 unspecified atom stereocenters. The van der Waals surface area contributed by atoms with Crippen LogP contribution in [0.1, 0.15) is 17.7 Å². The number of aromatic nitrogens is 1. The summed E-state index contributed by atoms with van der Waals surface area (Å²) in [6, 6.07) is 12.3. The minimum Gasteiger partial charge on any atom is -0.480 e. The van der Waals surface area contributed by atoms with Gasteiger partial charge in [-0.25, -0.2) is 0 Å². The van der Waals surface area contributed by atoms with E-state index in [1.165, 1.54) is 0 Å². The van der Waals surface area contributed by atoms with Gasteiger partial charge >= 0.3 is 5.97 Å². The molecule has 5 heteroatoms. The van der Waals surface area contributed by atoms with Gasteiger partial charge in [0.25, 0.3) is 0 Å². The second-order valence-corrected chi connectivity index (χ2v) is 5.92. The molecule has 1 heterocycles. The normalized spacial score (nSPS) is 13.8. The van der Waals surface area contributed by atoms with E-state index < -0.39 is 11.4 Å². The molecule has 0 spiro atoms. The van der Waals surface area contributed by atoms with Crippen LogP contribution in [0.4, 0.5) is 0 Å². The molecule has 22 heavy (non-hydrogen) atoms. The van der Waals surface area contributed by atoms with Crippen LogP contribution in [0.15, 0.2) is 48.7 Å². The summed E-state index contributed by atoms with van der Waals surface area (Å²) in [6.07, 6.45) is 2.05. The van der Waals surface area contributed by atoms with E-state index in [2.05, 4.69) is 4.98 Å². The number of carbonyl (C=O) groups is 1. The molecule has 1 N–H and O–H groups in total. The van der Waals surface area contributed by atoms with Gasteiger partial charge in [0, 0.05) is 11.2 Å². The zero-order chi connectivity index (χ0) is 16.2. The van der Waals surface area contributed by atoms with Gasteiger partial charge in [0.05, 0.1) is 5.69 Å². The molecular weight excluding hydrogens is 300 g/mol. The number of hydrogen-bond donors (Lipinski definition) is 1. The maximum absolute atomic E-state index is 12.2. The number of nitrogens with zero attached hydrogens (tertiary/aromatic N) is 2. The Bertz CT molecular complexity index is 629. The number of hydrogen-bond acceptors (Lipinski definition) is 3. The van der Waals surface area contributed by atoms with Crippen LogP contribution in [0.3, 0.4) is 0 Å². The van der Waals surface area contributed by atoms with E-state index in [9.17, 15) is 9.90 Å². The van der Waals surface area contributed by atoms with Crippen molar-refractivity contribution in [3.63, 3.8) is 0 Å². The Hall–Kier alpha value is -1.91. The molecule has 0 amide bonds. The van der Waals surface area contributed by atoms with E-state index in [1.54, 1.807) is 42.6 Å². The lowest BCUT2D eigenvalue weighted by Crippen LogP contribution is -2.40. The molecule has 4 nitrogen and oxygen atoms in total. The number of benzene rings is 1. The van der Waals surface area contributed by atoms with Crippen LogP contribution < -0.4 is 0 Å². The predicted octanol–water partition coefficient (Wildman–Crippen LogP) is 3.06. The molecule has 0 fully saturated rings. The highest BCUT2D eigenvalue weighted by Crippen LogP contribution is 2.35. The third kappa shape index (κ3) is 3.29. The summed E-state index contributed by atoms with van der Waals surface area (Å²) in [4.78, 5) is 18.5. The van der Waals surface area contributed by atoms with Gasteiger partial charge in [-0.05, 0) is 56.9 Å². The number of carboxylic acid groups (broad SMARTS) is 1. The summed E-state index contributed by atoms with van der Waals surface area (Å²) < 4.78 is 0. The molecule has 0 saturated heterocycles. The number of carboxylic acids is 1. The monoisotopic (exact) mass is 318 g/mol. The quantitative estimate of drug-likeness (QED) is 0.889. The maximum atomic E-state index is 12.2. The van der Waals surface area contributed by atoms with Crippen LogP contribution in [0, 0.1) is 0 Å². The molecule has 1 atom stereocenters. The Balaban J connectivity index is 2.59. The predicted molar refractivity (Wildman–Crippen MR) is 87.3 cm³/mol. The fourth-order valence-corrected chi connectivity index (χ4v) is 2.63. The van der Waals surface area contributed by atoms with Crippen molar-refractivity contribution in [3.8, 4) is 0 Å². The van der Waals surface area contributed by atoms with Crippen LogP contribution in [0.2, 0.25) is 5.02 Å². The molecule has 116 valence electrons. The first-order valence-electron chi connectivity index (χ1n) is 7.02. The molecule has 1 aromatic heterocycles. The van der Waals surface area contributed by atoms with Crippen LogP contribution in [-0.2, 0) is 10.2 Å². The van der Waals surface area contributed by atoms with Crippen LogP contribution >= 0.6 is 11.6 Å². The zero-order valence-electron chi connectivity index (χ0n) is 12.7. The van der Waals surface area contributed by atoms with Gasteiger partial charge in [0.2, 0.25) is 0 Å². The summed E-state index contributed by atoms with van der Waals surface area (Å²) in [5.41, 5.74) is 0.0347. The zero-order valence-corrected chi connectivity index (χ0v) is 13.4. The Labute approximate surface area is 135 Å². The molecule has 2 aromatic rings. The van der Waals surface area contributed by atoms with Crippen molar-refractivity contribution in [3.05, 3.63) is 64.9 Å². The van der Waals surface area contributed by atoms with Gasteiger partial charge in [0.15, 0.2) is 0 Å². The summed E-state index contributed by atoms with van der Waals surface area (Å²) >= 11 is 5.94. The van der Waals surface area contributed by atoms with E-state index in [0.717, 1.165) is 0 Å². The average Bonchev–Trinajstić information content (AvgIpc) is 2.50. The highest BCUT2D eigenvalue weighted by molar-refractivity contribution is 6.30. The lowest BCUT2D eigenvalue weighted by atomic mass is 9.74. The Morgan fingerprint density at radius 1 is 1.23 bits per heavy atom. The van der Waals surface area contributed by atoms with Gasteiger partial charge in [-0.1, -0.05) is 29.8 Å². The van der Waals surface area contributed by atoms with E-state index in [1.807, 2.05) is 25.1 Å². The maximum Gasteiger partial charge on any atom is 0.320 e. The van der Waals surface area contributed by atoms with Crippen molar-refractivity contribution < 1.29 is 9.90 Å². The standard InChI is InChI=1S/C17H19ClN2O2/c1-20(2)12-10-17(16(21)22,15-5-3-4-11-19-15)13-6-8-14(18)9-7-13/h3-9,11H,10,12H2,1-2H3,(H,21,22). The van der Waals surface area contributed by atoms with Gasteiger partial charge < -0.3 is 10.0 Å². The molecule has 0 radical (unpaired) electrons. The van der Waals surface area contributed by atoms with Gasteiger partial charge in [-0.3, -0.25) is 9.78 Å². The molecule has 2 rings (SSSR count). The Morgan fingerprint density at radius 3 is 2.41 bits per heavy atom. The van der Waals surface area contributed by atoms with Crippen molar-refractivity contribution in [2.75, 3.05) is 20.6 Å². The lowest BCUT2D eigenvalue weighted by molar-refractivity contribution is -0.142. The first-order chi connectivity index (χ1) is 10.5. The van der Waals surface area contributed by atoms with Crippen LogP contribution in [-0.4, -0.2) is 41.6 Å². The summed E-state index contributed by atoms with van der Waals surface area (Å²) in [5, 5.41) is 10.6. The summed E-state index contributed by atoms with van der Waals surface area (Å²) in [6.45, 7) is 0.630. The second kappa shape index (κ2) is 6.90. The minimum absolute atomic E-state index is 0.425. The van der Waals surface area contributed by atoms with E-state index in [-0.39, 0.29) is 0 Å². The molecule has 0 aliphatic rings. The third-order valence-electron chi connectivity index (χ3n) is 3.74. The lowest BCUT2D eigenvalue weighted by Gasteiger charge is -2.30. The van der Waals surface area contributed by atoms with Gasteiger partial charge in [0.1, 0.15) is 5.41 Å². The summed E-state index contributed by atoms with van der Waals surface area (Å²) in [7, 11) is 3.85. The minimum atomic E-state index is -1.18. The van der Waals surface area contributed by atoms with E-state index in [0.29, 0.717) is 29.2 Å². The van der Waals surface area contributed by atoms with Gasteiger partial charge in [-0.15, -0.1) is 0 Å². The van der Waals surface area contributed by atoms with Crippen LogP contribution in [0.5, 0.6) is 0 Å². The van der Waals surface area contributed by atoms with Crippen molar-refractivity contribution in [2.45, 2.75) is 11.8 Å². The summed E-state index contributed by atoms with van der Waals surface area (Å²) in [5.74, 6) is -0.907. The van der Waals surface area contributed by atoms with Crippen molar-refractivity contribution in [2.24, 2.45) is 0 Å².